The summed E-state index contributed by atoms with van der Waals surface area (Å²) < 4.78 is 0. The second-order valence-corrected chi connectivity index (χ2v) is 7.23. The quantitative estimate of drug-likeness (QED) is 0.702. The molecular formula is C15H24O2. The van der Waals surface area contributed by atoms with Crippen molar-refractivity contribution in [2.45, 2.75) is 71.3 Å². The molecule has 3 rings (SSSR count). The second-order valence-electron chi connectivity index (χ2n) is 7.23. The lowest BCUT2D eigenvalue weighted by Gasteiger charge is -2.57. The van der Waals surface area contributed by atoms with Gasteiger partial charge in [-0.15, -0.1) is 0 Å². The Balaban J connectivity index is 2.12. The van der Waals surface area contributed by atoms with Gasteiger partial charge in [0.1, 0.15) is 5.78 Å². The molecule has 0 aliphatic heterocycles. The lowest BCUT2D eigenvalue weighted by atomic mass is 9.46. The fourth-order valence-corrected chi connectivity index (χ4v) is 5.42. The topological polar surface area (TPSA) is 37.3 Å². The first-order chi connectivity index (χ1) is 7.94. The molecule has 3 fully saturated rings. The van der Waals surface area contributed by atoms with Crippen molar-refractivity contribution in [3.63, 3.8) is 0 Å². The van der Waals surface area contributed by atoms with E-state index < -0.39 is 0 Å². The third kappa shape index (κ3) is 1.23. The first-order valence-corrected chi connectivity index (χ1v) is 7.13. The van der Waals surface area contributed by atoms with Gasteiger partial charge in [-0.2, -0.15) is 0 Å². The van der Waals surface area contributed by atoms with Crippen molar-refractivity contribution in [3.05, 3.63) is 0 Å². The van der Waals surface area contributed by atoms with E-state index in [0.29, 0.717) is 5.78 Å². The van der Waals surface area contributed by atoms with Gasteiger partial charge in [0, 0.05) is 12.8 Å². The van der Waals surface area contributed by atoms with Crippen molar-refractivity contribution >= 4 is 5.78 Å². The van der Waals surface area contributed by atoms with Crippen molar-refractivity contribution in [1.29, 1.82) is 0 Å². The standard InChI is InChI=1S/C15H24O2/c1-13(2)12(17)10-14-6-3-4-7-15(13,14)9-11(16)5-8-14/h12,17H,3-10H2,1-2H3/t12-,14-,15+/m1/s1. The first kappa shape index (κ1) is 11.7. The molecule has 0 amide bonds. The summed E-state index contributed by atoms with van der Waals surface area (Å²) in [5.74, 6) is 0.435. The summed E-state index contributed by atoms with van der Waals surface area (Å²) >= 11 is 0. The molecule has 0 aromatic carbocycles. The summed E-state index contributed by atoms with van der Waals surface area (Å²) in [6.07, 6.45) is 8.17. The summed E-state index contributed by atoms with van der Waals surface area (Å²) in [6.45, 7) is 4.40. The van der Waals surface area contributed by atoms with E-state index >= 15 is 0 Å². The minimum absolute atomic E-state index is 0.0799. The molecule has 2 nitrogen and oxygen atoms in total. The van der Waals surface area contributed by atoms with Gasteiger partial charge in [-0.3, -0.25) is 4.79 Å². The number of aliphatic hydroxyl groups is 1. The normalized spacial score (nSPS) is 48.6. The van der Waals surface area contributed by atoms with Gasteiger partial charge in [0.15, 0.2) is 0 Å². The zero-order chi connectivity index (χ0) is 12.3. The van der Waals surface area contributed by atoms with Gasteiger partial charge in [0.25, 0.3) is 0 Å². The first-order valence-electron chi connectivity index (χ1n) is 7.13. The van der Waals surface area contributed by atoms with Crippen LogP contribution >= 0.6 is 0 Å². The molecule has 0 aromatic heterocycles. The molecule has 3 aliphatic rings. The maximum atomic E-state index is 12.0. The van der Waals surface area contributed by atoms with Crippen LogP contribution in [0.3, 0.4) is 0 Å². The Morgan fingerprint density at radius 2 is 1.88 bits per heavy atom. The van der Waals surface area contributed by atoms with E-state index in [1.165, 1.54) is 19.3 Å². The van der Waals surface area contributed by atoms with Crippen LogP contribution in [-0.2, 0) is 4.79 Å². The number of carbonyl (C=O) groups excluding carboxylic acids is 1. The molecule has 3 saturated carbocycles. The van der Waals surface area contributed by atoms with Crippen LogP contribution in [0.5, 0.6) is 0 Å². The van der Waals surface area contributed by atoms with Crippen molar-refractivity contribution in [3.8, 4) is 0 Å². The molecule has 0 spiro atoms. The molecule has 3 aliphatic carbocycles. The molecule has 96 valence electrons. The number of aliphatic hydroxyl groups excluding tert-OH is 1. The average molecular weight is 236 g/mol. The monoisotopic (exact) mass is 236 g/mol. The molecule has 0 bridgehead atoms. The predicted molar refractivity (Wildman–Crippen MR) is 66.6 cm³/mol. The number of ketones is 1. The largest absolute Gasteiger partial charge is 0.393 e. The van der Waals surface area contributed by atoms with Gasteiger partial charge in [0.2, 0.25) is 0 Å². The average Bonchev–Trinajstić information content (AvgIpc) is 2.45. The Morgan fingerprint density at radius 1 is 1.18 bits per heavy atom. The summed E-state index contributed by atoms with van der Waals surface area (Å²) in [7, 11) is 0. The van der Waals surface area contributed by atoms with Crippen molar-refractivity contribution < 1.29 is 9.90 Å². The Kier molecular flexibility index (Phi) is 2.30. The number of rotatable bonds is 0. The fourth-order valence-electron chi connectivity index (χ4n) is 5.42. The van der Waals surface area contributed by atoms with E-state index in [1.54, 1.807) is 0 Å². The highest BCUT2D eigenvalue weighted by atomic mass is 16.3. The lowest BCUT2D eigenvalue weighted by molar-refractivity contribution is -0.143. The van der Waals surface area contributed by atoms with Crippen LogP contribution in [0.15, 0.2) is 0 Å². The molecule has 0 aromatic rings. The number of hydrogen-bond donors (Lipinski definition) is 1. The summed E-state index contributed by atoms with van der Waals surface area (Å²) in [5.41, 5.74) is 0.304. The highest BCUT2D eigenvalue weighted by Gasteiger charge is 2.68. The molecule has 2 heteroatoms. The number of hydrogen-bond acceptors (Lipinski definition) is 2. The third-order valence-corrected chi connectivity index (χ3v) is 6.56. The lowest BCUT2D eigenvalue weighted by Crippen LogP contribution is -2.52. The van der Waals surface area contributed by atoms with Crippen LogP contribution in [0, 0.1) is 16.2 Å². The van der Waals surface area contributed by atoms with E-state index in [1.807, 2.05) is 0 Å². The molecule has 0 unspecified atom stereocenters. The highest BCUT2D eigenvalue weighted by Crippen LogP contribution is 2.73. The predicted octanol–water partition coefficient (Wildman–Crippen LogP) is 3.08. The van der Waals surface area contributed by atoms with Gasteiger partial charge in [-0.1, -0.05) is 26.7 Å². The van der Waals surface area contributed by atoms with Crippen LogP contribution in [0.2, 0.25) is 0 Å². The molecule has 0 saturated heterocycles. The van der Waals surface area contributed by atoms with E-state index in [4.69, 9.17) is 0 Å². The molecule has 0 radical (unpaired) electrons. The maximum absolute atomic E-state index is 12.0. The van der Waals surface area contributed by atoms with E-state index in [2.05, 4.69) is 13.8 Å². The van der Waals surface area contributed by atoms with E-state index in [0.717, 1.165) is 32.1 Å². The molecular weight excluding hydrogens is 212 g/mol. The zero-order valence-corrected chi connectivity index (χ0v) is 11.1. The molecule has 17 heavy (non-hydrogen) atoms. The maximum Gasteiger partial charge on any atom is 0.133 e. The van der Waals surface area contributed by atoms with E-state index in [-0.39, 0.29) is 22.3 Å². The molecule has 0 heterocycles. The molecule has 1 N–H and O–H groups in total. The van der Waals surface area contributed by atoms with Crippen molar-refractivity contribution in [1.82, 2.24) is 0 Å². The second kappa shape index (κ2) is 3.34. The smallest absolute Gasteiger partial charge is 0.133 e. The Labute approximate surface area is 104 Å². The summed E-state index contributed by atoms with van der Waals surface area (Å²) in [6, 6.07) is 0. The SMILES string of the molecule is CC1(C)[C@H](O)C[C@]23CCCC[C@]12CC(=O)CC3. The van der Waals surface area contributed by atoms with Crippen LogP contribution in [0.4, 0.5) is 0 Å². The highest BCUT2D eigenvalue weighted by molar-refractivity contribution is 5.80. The Morgan fingerprint density at radius 3 is 2.65 bits per heavy atom. The summed E-state index contributed by atoms with van der Waals surface area (Å²) in [5, 5.41) is 10.5. The van der Waals surface area contributed by atoms with Gasteiger partial charge in [-0.05, 0) is 41.9 Å². The fraction of sp³-hybridized carbons (Fsp3) is 0.933. The van der Waals surface area contributed by atoms with Crippen LogP contribution in [-0.4, -0.2) is 17.0 Å². The minimum Gasteiger partial charge on any atom is -0.393 e. The van der Waals surface area contributed by atoms with Gasteiger partial charge in [0.05, 0.1) is 6.10 Å². The van der Waals surface area contributed by atoms with Crippen molar-refractivity contribution in [2.75, 3.05) is 0 Å². The Hall–Kier alpha value is -0.370. The summed E-state index contributed by atoms with van der Waals surface area (Å²) in [4.78, 5) is 12.0. The third-order valence-electron chi connectivity index (χ3n) is 6.56. The minimum atomic E-state index is -0.216. The van der Waals surface area contributed by atoms with Crippen LogP contribution < -0.4 is 0 Å². The van der Waals surface area contributed by atoms with Crippen molar-refractivity contribution in [2.24, 2.45) is 16.2 Å². The number of Topliss-reactive ketones (excluding diaryl/α,β-unsaturated/α-hetero) is 1. The van der Waals surface area contributed by atoms with E-state index in [9.17, 15) is 9.90 Å². The van der Waals surface area contributed by atoms with Gasteiger partial charge < -0.3 is 5.11 Å². The van der Waals surface area contributed by atoms with Gasteiger partial charge >= 0.3 is 0 Å². The van der Waals surface area contributed by atoms with Crippen LogP contribution in [0.25, 0.3) is 0 Å². The Bertz CT molecular complexity index is 360. The zero-order valence-electron chi connectivity index (χ0n) is 11.1. The van der Waals surface area contributed by atoms with Gasteiger partial charge in [-0.25, -0.2) is 0 Å². The van der Waals surface area contributed by atoms with Crippen LogP contribution in [0.1, 0.15) is 65.2 Å². The molecule has 3 atom stereocenters. The number of carbonyl (C=O) groups is 1.